The van der Waals surface area contributed by atoms with Gasteiger partial charge in [0.2, 0.25) is 0 Å². The Labute approximate surface area is 93.6 Å². The lowest BCUT2D eigenvalue weighted by atomic mass is 10.2. The van der Waals surface area contributed by atoms with Crippen LogP contribution in [0.1, 0.15) is 17.2 Å². The van der Waals surface area contributed by atoms with Crippen LogP contribution in [0.3, 0.4) is 0 Å². The third kappa shape index (κ3) is 1.71. The molecule has 15 heavy (non-hydrogen) atoms. The third-order valence-corrected chi connectivity index (χ3v) is 4.16. The van der Waals surface area contributed by atoms with E-state index < -0.39 is 0 Å². The lowest BCUT2D eigenvalue weighted by Gasteiger charge is -1.95. The van der Waals surface area contributed by atoms with E-state index >= 15 is 0 Å². The average molecular weight is 215 g/mol. The first kappa shape index (κ1) is 9.13. The molecule has 0 bridgehead atoms. The predicted octanol–water partition coefficient (Wildman–Crippen LogP) is 3.23. The molecule has 1 aliphatic carbocycles. The standard InChI is InChI=1S/C13H13NS/c14-11-8-10(11)13-7-6-12(15-13)9-4-2-1-3-5-9/h1-7,10-11H,8,14H2. The van der Waals surface area contributed by atoms with E-state index in [9.17, 15) is 0 Å². The Morgan fingerprint density at radius 2 is 1.80 bits per heavy atom. The number of thiophene rings is 1. The lowest BCUT2D eigenvalue weighted by molar-refractivity contribution is 1.01. The summed E-state index contributed by atoms with van der Waals surface area (Å²) in [5, 5.41) is 0. The lowest BCUT2D eigenvalue weighted by Crippen LogP contribution is -1.99. The zero-order chi connectivity index (χ0) is 10.3. The van der Waals surface area contributed by atoms with E-state index in [2.05, 4.69) is 42.5 Å². The van der Waals surface area contributed by atoms with Gasteiger partial charge in [-0.05, 0) is 24.1 Å². The maximum absolute atomic E-state index is 5.85. The van der Waals surface area contributed by atoms with E-state index in [-0.39, 0.29) is 0 Å². The number of nitrogens with two attached hydrogens (primary N) is 1. The molecule has 2 unspecified atom stereocenters. The summed E-state index contributed by atoms with van der Waals surface area (Å²) in [6, 6.07) is 15.4. The van der Waals surface area contributed by atoms with Gasteiger partial charge in [-0.15, -0.1) is 11.3 Å². The molecule has 1 nitrogen and oxygen atoms in total. The van der Waals surface area contributed by atoms with Crippen molar-refractivity contribution in [2.45, 2.75) is 18.4 Å². The number of rotatable bonds is 2. The molecular weight excluding hydrogens is 202 g/mol. The number of benzene rings is 1. The van der Waals surface area contributed by atoms with Gasteiger partial charge in [-0.25, -0.2) is 0 Å². The molecule has 0 amide bonds. The molecule has 1 aromatic carbocycles. The largest absolute Gasteiger partial charge is 0.327 e. The Kier molecular flexibility index (Phi) is 2.11. The zero-order valence-electron chi connectivity index (χ0n) is 8.39. The van der Waals surface area contributed by atoms with Gasteiger partial charge < -0.3 is 5.73 Å². The average Bonchev–Trinajstić information content (AvgIpc) is 2.83. The van der Waals surface area contributed by atoms with Gasteiger partial charge in [0.1, 0.15) is 0 Å². The van der Waals surface area contributed by atoms with Crippen molar-refractivity contribution in [3.63, 3.8) is 0 Å². The van der Waals surface area contributed by atoms with Crippen molar-refractivity contribution in [1.29, 1.82) is 0 Å². The van der Waals surface area contributed by atoms with Gasteiger partial charge in [0.05, 0.1) is 0 Å². The molecule has 1 heterocycles. The summed E-state index contributed by atoms with van der Waals surface area (Å²) < 4.78 is 0. The molecule has 1 aromatic heterocycles. The summed E-state index contributed by atoms with van der Waals surface area (Å²) in [6.45, 7) is 0. The van der Waals surface area contributed by atoms with Gasteiger partial charge >= 0.3 is 0 Å². The third-order valence-electron chi connectivity index (χ3n) is 2.89. The van der Waals surface area contributed by atoms with Gasteiger partial charge in [-0.3, -0.25) is 0 Å². The topological polar surface area (TPSA) is 26.0 Å². The minimum absolute atomic E-state index is 0.410. The van der Waals surface area contributed by atoms with Crippen LogP contribution in [-0.4, -0.2) is 6.04 Å². The zero-order valence-corrected chi connectivity index (χ0v) is 9.21. The Balaban J connectivity index is 1.91. The first-order valence-electron chi connectivity index (χ1n) is 5.25. The maximum atomic E-state index is 5.85. The van der Waals surface area contributed by atoms with E-state index in [0.717, 1.165) is 6.42 Å². The highest BCUT2D eigenvalue weighted by molar-refractivity contribution is 7.15. The van der Waals surface area contributed by atoms with Crippen molar-refractivity contribution in [1.82, 2.24) is 0 Å². The van der Waals surface area contributed by atoms with Gasteiger partial charge in [-0.2, -0.15) is 0 Å². The van der Waals surface area contributed by atoms with Crippen LogP contribution < -0.4 is 5.73 Å². The second kappa shape index (κ2) is 3.47. The fourth-order valence-corrected chi connectivity index (χ4v) is 3.05. The van der Waals surface area contributed by atoms with Gasteiger partial charge in [0.15, 0.2) is 0 Å². The highest BCUT2D eigenvalue weighted by Crippen LogP contribution is 2.44. The number of hydrogen-bond donors (Lipinski definition) is 1. The fraction of sp³-hybridized carbons (Fsp3) is 0.231. The van der Waals surface area contributed by atoms with Crippen molar-refractivity contribution in [3.8, 4) is 10.4 Å². The second-order valence-corrected chi connectivity index (χ2v) is 5.19. The summed E-state index contributed by atoms with van der Waals surface area (Å²) >= 11 is 1.88. The molecule has 2 atom stereocenters. The summed E-state index contributed by atoms with van der Waals surface area (Å²) in [5.74, 6) is 0.632. The molecule has 0 spiro atoms. The highest BCUT2D eigenvalue weighted by Gasteiger charge is 2.35. The number of hydrogen-bond acceptors (Lipinski definition) is 2. The van der Waals surface area contributed by atoms with Crippen LogP contribution in [0.25, 0.3) is 10.4 Å². The minimum atomic E-state index is 0.410. The van der Waals surface area contributed by atoms with Gasteiger partial charge in [0, 0.05) is 21.7 Å². The van der Waals surface area contributed by atoms with Crippen LogP contribution in [0.2, 0.25) is 0 Å². The summed E-state index contributed by atoms with van der Waals surface area (Å²) in [5.41, 5.74) is 7.16. The Bertz CT molecular complexity index is 460. The monoisotopic (exact) mass is 215 g/mol. The predicted molar refractivity (Wildman–Crippen MR) is 65.1 cm³/mol. The molecular formula is C13H13NS. The second-order valence-electron chi connectivity index (χ2n) is 4.07. The summed E-state index contributed by atoms with van der Waals surface area (Å²) in [4.78, 5) is 2.80. The van der Waals surface area contributed by atoms with Crippen molar-refractivity contribution in [2.24, 2.45) is 5.73 Å². The van der Waals surface area contributed by atoms with Crippen molar-refractivity contribution >= 4 is 11.3 Å². The van der Waals surface area contributed by atoms with Crippen LogP contribution >= 0.6 is 11.3 Å². The van der Waals surface area contributed by atoms with E-state index in [1.165, 1.54) is 15.3 Å². The first-order valence-corrected chi connectivity index (χ1v) is 6.07. The van der Waals surface area contributed by atoms with Crippen molar-refractivity contribution in [2.75, 3.05) is 0 Å². The molecule has 76 valence electrons. The highest BCUT2D eigenvalue weighted by atomic mass is 32.1. The molecule has 2 heteroatoms. The van der Waals surface area contributed by atoms with Crippen LogP contribution in [0.15, 0.2) is 42.5 Å². The molecule has 2 aromatic rings. The Morgan fingerprint density at radius 1 is 1.07 bits per heavy atom. The Morgan fingerprint density at radius 3 is 2.47 bits per heavy atom. The van der Waals surface area contributed by atoms with Gasteiger partial charge in [0.25, 0.3) is 0 Å². The Hall–Kier alpha value is -1.12. The molecule has 1 saturated carbocycles. The van der Waals surface area contributed by atoms with E-state index in [4.69, 9.17) is 5.73 Å². The molecule has 0 aliphatic heterocycles. The van der Waals surface area contributed by atoms with Crippen molar-refractivity contribution in [3.05, 3.63) is 47.3 Å². The van der Waals surface area contributed by atoms with Crippen LogP contribution in [-0.2, 0) is 0 Å². The van der Waals surface area contributed by atoms with E-state index in [0.29, 0.717) is 12.0 Å². The van der Waals surface area contributed by atoms with E-state index in [1.807, 2.05) is 11.3 Å². The smallest absolute Gasteiger partial charge is 0.0345 e. The van der Waals surface area contributed by atoms with Crippen LogP contribution in [0.4, 0.5) is 0 Å². The maximum Gasteiger partial charge on any atom is 0.0345 e. The molecule has 1 fully saturated rings. The van der Waals surface area contributed by atoms with E-state index in [1.54, 1.807) is 0 Å². The summed E-state index contributed by atoms with van der Waals surface area (Å²) in [7, 11) is 0. The quantitative estimate of drug-likeness (QED) is 0.817. The molecule has 0 saturated heterocycles. The minimum Gasteiger partial charge on any atom is -0.327 e. The first-order chi connectivity index (χ1) is 7.34. The van der Waals surface area contributed by atoms with Crippen LogP contribution in [0, 0.1) is 0 Å². The molecule has 1 aliphatic rings. The fourth-order valence-electron chi connectivity index (χ4n) is 1.85. The van der Waals surface area contributed by atoms with Gasteiger partial charge in [-0.1, -0.05) is 30.3 Å². The van der Waals surface area contributed by atoms with Crippen LogP contribution in [0.5, 0.6) is 0 Å². The summed E-state index contributed by atoms with van der Waals surface area (Å²) in [6.07, 6.45) is 1.16. The SMILES string of the molecule is NC1CC1c1ccc(-c2ccccc2)s1. The molecule has 0 radical (unpaired) electrons. The molecule has 2 N–H and O–H groups in total. The van der Waals surface area contributed by atoms with Crippen molar-refractivity contribution < 1.29 is 0 Å². The molecule has 3 rings (SSSR count). The normalized spacial score (nSPS) is 24.1.